The number of aryl methyl sites for hydroxylation is 1. The second kappa shape index (κ2) is 6.62. The first-order valence-electron chi connectivity index (χ1n) is 6.51. The minimum Gasteiger partial charge on any atom is -0.305 e. The normalized spacial score (nSPS) is 12.7. The molecule has 0 saturated carbocycles. The average Bonchev–Trinajstić information content (AvgIpc) is 2.77. The smallest absolute Gasteiger partial charge is 0.194 e. The molecule has 1 heterocycles. The third-order valence-electron chi connectivity index (χ3n) is 3.15. The number of nitrogens with one attached hydrogen (secondary N) is 1. The minimum atomic E-state index is -1.46. The number of benzene rings is 1. The molecule has 0 aliphatic heterocycles. The van der Waals surface area contributed by atoms with Gasteiger partial charge in [-0.2, -0.15) is 5.10 Å². The van der Waals surface area contributed by atoms with E-state index < -0.39 is 23.5 Å². The molecule has 0 amide bonds. The zero-order chi connectivity index (χ0) is 15.6. The van der Waals surface area contributed by atoms with Crippen LogP contribution in [0.1, 0.15) is 30.6 Å². The first-order valence-corrected chi connectivity index (χ1v) is 7.30. The summed E-state index contributed by atoms with van der Waals surface area (Å²) in [5, 5.41) is 7.30. The molecular weight excluding hydrogens is 347 g/mol. The zero-order valence-corrected chi connectivity index (χ0v) is 13.2. The number of aromatic nitrogens is 2. The highest BCUT2D eigenvalue weighted by atomic mass is 79.9. The Morgan fingerprint density at radius 3 is 2.38 bits per heavy atom. The second-order valence-electron chi connectivity index (χ2n) is 4.69. The van der Waals surface area contributed by atoms with Crippen LogP contribution in [0.2, 0.25) is 0 Å². The highest BCUT2D eigenvalue weighted by Crippen LogP contribution is 2.29. The molecule has 3 nitrogen and oxygen atoms in total. The number of hydrogen-bond acceptors (Lipinski definition) is 2. The predicted molar refractivity (Wildman–Crippen MR) is 77.4 cm³/mol. The SMILES string of the molecule is CCCNC(c1cc(F)c(F)c(F)c1)c1c(Br)cnn1C. The average molecular weight is 362 g/mol. The van der Waals surface area contributed by atoms with Gasteiger partial charge in [-0.05, 0) is 46.6 Å². The van der Waals surface area contributed by atoms with Gasteiger partial charge in [0.1, 0.15) is 0 Å². The predicted octanol–water partition coefficient (Wildman–Crippen LogP) is 3.69. The quantitative estimate of drug-likeness (QED) is 0.823. The van der Waals surface area contributed by atoms with Crippen molar-refractivity contribution in [1.29, 1.82) is 0 Å². The lowest BCUT2D eigenvalue weighted by molar-refractivity contribution is 0.441. The molecule has 0 bridgehead atoms. The van der Waals surface area contributed by atoms with Gasteiger partial charge in [0.2, 0.25) is 0 Å². The first-order chi connectivity index (χ1) is 9.95. The van der Waals surface area contributed by atoms with Crippen LogP contribution in [0.25, 0.3) is 0 Å². The fourth-order valence-electron chi connectivity index (χ4n) is 2.15. The topological polar surface area (TPSA) is 29.9 Å². The molecule has 2 rings (SSSR count). The van der Waals surface area contributed by atoms with Crippen molar-refractivity contribution < 1.29 is 13.2 Å². The van der Waals surface area contributed by atoms with Crippen LogP contribution in [-0.4, -0.2) is 16.3 Å². The van der Waals surface area contributed by atoms with E-state index in [1.54, 1.807) is 17.9 Å². The maximum atomic E-state index is 13.5. The van der Waals surface area contributed by atoms with Gasteiger partial charge in [0.15, 0.2) is 17.5 Å². The van der Waals surface area contributed by atoms with E-state index in [1.807, 2.05) is 6.92 Å². The van der Waals surface area contributed by atoms with Crippen LogP contribution in [-0.2, 0) is 7.05 Å². The Morgan fingerprint density at radius 1 is 1.29 bits per heavy atom. The lowest BCUT2D eigenvalue weighted by Gasteiger charge is -2.20. The van der Waals surface area contributed by atoms with Crippen LogP contribution in [0, 0.1) is 17.5 Å². The molecule has 0 fully saturated rings. The molecule has 114 valence electrons. The van der Waals surface area contributed by atoms with Crippen LogP contribution in [0.3, 0.4) is 0 Å². The number of rotatable bonds is 5. The van der Waals surface area contributed by atoms with E-state index in [0.717, 1.165) is 18.6 Å². The molecule has 7 heteroatoms. The highest BCUT2D eigenvalue weighted by molar-refractivity contribution is 9.10. The first kappa shape index (κ1) is 16.0. The van der Waals surface area contributed by atoms with E-state index in [4.69, 9.17) is 0 Å². The van der Waals surface area contributed by atoms with E-state index in [9.17, 15) is 13.2 Å². The summed E-state index contributed by atoms with van der Waals surface area (Å²) in [5.41, 5.74) is 1.03. The Bertz CT molecular complexity index is 600. The Kier molecular flexibility index (Phi) is 5.05. The van der Waals surface area contributed by atoms with Crippen molar-refractivity contribution in [2.45, 2.75) is 19.4 Å². The van der Waals surface area contributed by atoms with Crippen molar-refractivity contribution >= 4 is 15.9 Å². The van der Waals surface area contributed by atoms with Gasteiger partial charge >= 0.3 is 0 Å². The van der Waals surface area contributed by atoms with Crippen LogP contribution in [0.5, 0.6) is 0 Å². The lowest BCUT2D eigenvalue weighted by atomic mass is 10.0. The Morgan fingerprint density at radius 2 is 1.90 bits per heavy atom. The summed E-state index contributed by atoms with van der Waals surface area (Å²) in [5.74, 6) is -3.87. The van der Waals surface area contributed by atoms with Crippen LogP contribution >= 0.6 is 15.9 Å². The van der Waals surface area contributed by atoms with Gasteiger partial charge in [0.25, 0.3) is 0 Å². The molecule has 1 atom stereocenters. The molecule has 0 spiro atoms. The number of halogens is 4. The largest absolute Gasteiger partial charge is 0.305 e. The van der Waals surface area contributed by atoms with Crippen molar-refractivity contribution in [2.24, 2.45) is 7.05 Å². The zero-order valence-electron chi connectivity index (χ0n) is 11.6. The van der Waals surface area contributed by atoms with Gasteiger partial charge in [-0.15, -0.1) is 0 Å². The van der Waals surface area contributed by atoms with Crippen LogP contribution in [0.4, 0.5) is 13.2 Å². The molecule has 0 aliphatic rings. The van der Waals surface area contributed by atoms with E-state index in [2.05, 4.69) is 26.3 Å². The molecule has 0 saturated heterocycles. The summed E-state index contributed by atoms with van der Waals surface area (Å²) in [6, 6.07) is 1.52. The summed E-state index contributed by atoms with van der Waals surface area (Å²) in [6.45, 7) is 2.62. The van der Waals surface area contributed by atoms with Crippen molar-refractivity contribution in [3.05, 3.63) is 51.5 Å². The second-order valence-corrected chi connectivity index (χ2v) is 5.54. The standard InChI is InChI=1S/C14H15BrF3N3/c1-3-4-19-13(14-9(15)7-20-21(14)2)8-5-10(16)12(18)11(17)6-8/h5-7,13,19H,3-4H2,1-2H3. The molecule has 1 aromatic carbocycles. The molecular formula is C14H15BrF3N3. The third kappa shape index (κ3) is 3.29. The Labute approximate surface area is 129 Å². The maximum absolute atomic E-state index is 13.5. The van der Waals surface area contributed by atoms with E-state index in [1.165, 1.54) is 0 Å². The summed E-state index contributed by atoms with van der Waals surface area (Å²) in [7, 11) is 1.73. The van der Waals surface area contributed by atoms with Crippen molar-refractivity contribution in [2.75, 3.05) is 6.54 Å². The fourth-order valence-corrected chi connectivity index (χ4v) is 2.72. The minimum absolute atomic E-state index is 0.309. The highest BCUT2D eigenvalue weighted by Gasteiger charge is 2.23. The molecule has 0 radical (unpaired) electrons. The monoisotopic (exact) mass is 361 g/mol. The number of nitrogens with zero attached hydrogens (tertiary/aromatic N) is 2. The van der Waals surface area contributed by atoms with Crippen LogP contribution < -0.4 is 5.32 Å². The maximum Gasteiger partial charge on any atom is 0.194 e. The Balaban J connectivity index is 2.51. The molecule has 1 aromatic heterocycles. The summed E-state index contributed by atoms with van der Waals surface area (Å²) < 4.78 is 42.4. The van der Waals surface area contributed by atoms with Gasteiger partial charge < -0.3 is 5.32 Å². The van der Waals surface area contributed by atoms with Crippen molar-refractivity contribution in [1.82, 2.24) is 15.1 Å². The van der Waals surface area contributed by atoms with Crippen molar-refractivity contribution in [3.8, 4) is 0 Å². The van der Waals surface area contributed by atoms with E-state index >= 15 is 0 Å². The molecule has 1 unspecified atom stereocenters. The molecule has 0 aliphatic carbocycles. The van der Waals surface area contributed by atoms with Gasteiger partial charge in [-0.1, -0.05) is 6.92 Å². The van der Waals surface area contributed by atoms with Gasteiger partial charge in [-0.25, -0.2) is 13.2 Å². The fraction of sp³-hybridized carbons (Fsp3) is 0.357. The molecule has 21 heavy (non-hydrogen) atoms. The summed E-state index contributed by atoms with van der Waals surface area (Å²) in [4.78, 5) is 0. The van der Waals surface area contributed by atoms with Crippen molar-refractivity contribution in [3.63, 3.8) is 0 Å². The Hall–Kier alpha value is -1.34. The molecule has 2 aromatic rings. The van der Waals surface area contributed by atoms with Gasteiger partial charge in [-0.3, -0.25) is 4.68 Å². The van der Waals surface area contributed by atoms with Crippen LogP contribution in [0.15, 0.2) is 22.8 Å². The number of hydrogen-bond donors (Lipinski definition) is 1. The lowest BCUT2D eigenvalue weighted by Crippen LogP contribution is -2.26. The summed E-state index contributed by atoms with van der Waals surface area (Å²) in [6.07, 6.45) is 2.45. The third-order valence-corrected chi connectivity index (χ3v) is 3.76. The molecule has 1 N–H and O–H groups in total. The van der Waals surface area contributed by atoms with E-state index in [-0.39, 0.29) is 0 Å². The van der Waals surface area contributed by atoms with E-state index in [0.29, 0.717) is 22.3 Å². The van der Waals surface area contributed by atoms with Gasteiger partial charge in [0, 0.05) is 7.05 Å². The van der Waals surface area contributed by atoms with Gasteiger partial charge in [0.05, 0.1) is 22.4 Å². The summed E-state index contributed by atoms with van der Waals surface area (Å²) >= 11 is 3.37.